The lowest BCUT2D eigenvalue weighted by molar-refractivity contribution is -0.136. The molecule has 1 aliphatic carbocycles. The molecule has 2 fully saturated rings. The number of aryl methyl sites for hydroxylation is 2. The average Bonchev–Trinajstić information content (AvgIpc) is 3.06. The summed E-state index contributed by atoms with van der Waals surface area (Å²) in [5.41, 5.74) is 1.14. The molecule has 1 saturated carbocycles. The van der Waals surface area contributed by atoms with Gasteiger partial charge in [0, 0.05) is 60.9 Å². The van der Waals surface area contributed by atoms with E-state index >= 15 is 0 Å². The van der Waals surface area contributed by atoms with E-state index < -0.39 is 0 Å². The number of aromatic nitrogens is 1. The van der Waals surface area contributed by atoms with Crippen molar-refractivity contribution in [1.82, 2.24) is 20.5 Å². The van der Waals surface area contributed by atoms with Crippen LogP contribution in [0.5, 0.6) is 0 Å². The quantitative estimate of drug-likeness (QED) is 0.314. The lowest BCUT2D eigenvalue weighted by Crippen LogP contribution is -2.47. The second-order valence-corrected chi connectivity index (χ2v) is 10.4. The van der Waals surface area contributed by atoms with Gasteiger partial charge in [0.05, 0.1) is 10.7 Å². The molecule has 6 nitrogen and oxygen atoms in total. The van der Waals surface area contributed by atoms with Crippen molar-refractivity contribution in [3.8, 4) is 0 Å². The number of guanidine groups is 1. The number of rotatable bonds is 6. The summed E-state index contributed by atoms with van der Waals surface area (Å²) in [6.45, 7) is 9.70. The maximum atomic E-state index is 12.7. The Kier molecular flexibility index (Phi) is 11.2. The second kappa shape index (κ2) is 13.1. The minimum Gasteiger partial charge on any atom is -0.357 e. The monoisotopic (exact) mass is 565 g/mol. The van der Waals surface area contributed by atoms with Gasteiger partial charge in [0.1, 0.15) is 0 Å². The van der Waals surface area contributed by atoms with E-state index in [2.05, 4.69) is 41.3 Å². The summed E-state index contributed by atoms with van der Waals surface area (Å²) in [6, 6.07) is 0.404. The van der Waals surface area contributed by atoms with E-state index in [-0.39, 0.29) is 29.9 Å². The fourth-order valence-corrected chi connectivity index (χ4v) is 5.94. The van der Waals surface area contributed by atoms with Gasteiger partial charge in [-0.05, 0) is 46.5 Å². The third-order valence-corrected chi connectivity index (χ3v) is 7.77. The molecule has 2 aliphatic rings. The molecular formula is C21H36IN5OS2. The van der Waals surface area contributed by atoms with Crippen molar-refractivity contribution in [2.24, 2.45) is 10.9 Å². The minimum atomic E-state index is 0. The molecule has 0 aromatic carbocycles. The number of hydrogen-bond acceptors (Lipinski definition) is 5. The van der Waals surface area contributed by atoms with Gasteiger partial charge in [-0.2, -0.15) is 11.8 Å². The third-order valence-electron chi connectivity index (χ3n) is 5.69. The highest BCUT2D eigenvalue weighted by atomic mass is 127. The van der Waals surface area contributed by atoms with Crippen LogP contribution >= 0.6 is 47.1 Å². The Morgan fingerprint density at radius 1 is 1.20 bits per heavy atom. The first-order chi connectivity index (χ1) is 14.1. The van der Waals surface area contributed by atoms with E-state index in [9.17, 15) is 4.79 Å². The first-order valence-corrected chi connectivity index (χ1v) is 12.9. The molecule has 0 spiro atoms. The van der Waals surface area contributed by atoms with Gasteiger partial charge in [0.2, 0.25) is 5.91 Å². The van der Waals surface area contributed by atoms with Crippen LogP contribution < -0.4 is 10.6 Å². The Morgan fingerprint density at radius 3 is 2.50 bits per heavy atom. The van der Waals surface area contributed by atoms with E-state index in [1.165, 1.54) is 4.88 Å². The van der Waals surface area contributed by atoms with Crippen LogP contribution in [0.3, 0.4) is 0 Å². The Morgan fingerprint density at radius 2 is 1.90 bits per heavy atom. The number of nitrogens with zero attached hydrogens (tertiary/aromatic N) is 3. The molecule has 0 unspecified atom stereocenters. The van der Waals surface area contributed by atoms with Crippen LogP contribution in [0.1, 0.15) is 48.2 Å². The van der Waals surface area contributed by atoms with Gasteiger partial charge in [-0.1, -0.05) is 0 Å². The van der Waals surface area contributed by atoms with E-state index in [1.807, 2.05) is 11.8 Å². The molecule has 0 radical (unpaired) electrons. The van der Waals surface area contributed by atoms with Gasteiger partial charge < -0.3 is 15.5 Å². The highest BCUT2D eigenvalue weighted by Gasteiger charge is 2.30. The van der Waals surface area contributed by atoms with Crippen molar-refractivity contribution < 1.29 is 4.79 Å². The van der Waals surface area contributed by atoms with E-state index in [1.54, 1.807) is 11.3 Å². The fourth-order valence-electron chi connectivity index (χ4n) is 4.11. The van der Waals surface area contributed by atoms with Gasteiger partial charge in [-0.3, -0.25) is 9.79 Å². The molecular weight excluding hydrogens is 529 g/mol. The molecule has 9 heteroatoms. The summed E-state index contributed by atoms with van der Waals surface area (Å²) in [5.74, 6) is 3.68. The van der Waals surface area contributed by atoms with Crippen LogP contribution in [0, 0.1) is 19.8 Å². The lowest BCUT2D eigenvalue weighted by Gasteiger charge is -2.34. The maximum absolute atomic E-state index is 12.7. The molecule has 1 saturated heterocycles. The van der Waals surface area contributed by atoms with Crippen LogP contribution in [0.4, 0.5) is 0 Å². The number of halogens is 1. The van der Waals surface area contributed by atoms with Crippen LogP contribution in [-0.2, 0) is 11.2 Å². The number of nitrogens with one attached hydrogen (secondary N) is 2. The van der Waals surface area contributed by atoms with Crippen molar-refractivity contribution in [2.75, 3.05) is 37.7 Å². The maximum Gasteiger partial charge on any atom is 0.225 e. The zero-order valence-corrected chi connectivity index (χ0v) is 22.4. The third kappa shape index (κ3) is 7.55. The smallest absolute Gasteiger partial charge is 0.225 e. The molecule has 2 heterocycles. The largest absolute Gasteiger partial charge is 0.357 e. The Bertz CT molecular complexity index is 698. The molecule has 1 amide bonds. The summed E-state index contributed by atoms with van der Waals surface area (Å²) in [7, 11) is 0. The zero-order valence-electron chi connectivity index (χ0n) is 18.4. The number of thioether (sulfide) groups is 1. The summed E-state index contributed by atoms with van der Waals surface area (Å²) < 4.78 is 0. The fraction of sp³-hybridized carbons (Fsp3) is 0.762. The molecule has 170 valence electrons. The number of hydrogen-bond donors (Lipinski definition) is 2. The first-order valence-electron chi connectivity index (χ1n) is 10.9. The van der Waals surface area contributed by atoms with Crippen molar-refractivity contribution in [1.29, 1.82) is 0 Å². The van der Waals surface area contributed by atoms with Gasteiger partial charge in [0.15, 0.2) is 5.96 Å². The molecule has 0 bridgehead atoms. The predicted molar refractivity (Wildman–Crippen MR) is 139 cm³/mol. The van der Waals surface area contributed by atoms with E-state index in [4.69, 9.17) is 4.99 Å². The van der Waals surface area contributed by atoms with E-state index in [0.717, 1.165) is 86.4 Å². The van der Waals surface area contributed by atoms with Crippen molar-refractivity contribution >= 4 is 58.9 Å². The molecule has 1 aromatic heterocycles. The lowest BCUT2D eigenvalue weighted by atomic mass is 9.85. The number of carbonyl (C=O) groups excluding carboxylic acids is 1. The van der Waals surface area contributed by atoms with Crippen LogP contribution in [0.15, 0.2) is 4.99 Å². The van der Waals surface area contributed by atoms with Crippen LogP contribution in [0.2, 0.25) is 0 Å². The van der Waals surface area contributed by atoms with Crippen LogP contribution in [0.25, 0.3) is 0 Å². The van der Waals surface area contributed by atoms with Gasteiger partial charge in [-0.25, -0.2) is 4.98 Å². The van der Waals surface area contributed by atoms with Gasteiger partial charge >= 0.3 is 0 Å². The Balaban J connectivity index is 0.00000320. The highest BCUT2D eigenvalue weighted by Crippen LogP contribution is 2.27. The topological polar surface area (TPSA) is 69.6 Å². The Hall–Kier alpha value is -0.550. The highest BCUT2D eigenvalue weighted by molar-refractivity contribution is 14.0. The normalized spacial score (nSPS) is 22.4. The molecule has 0 atom stereocenters. The molecule has 1 aliphatic heterocycles. The second-order valence-electron chi connectivity index (χ2n) is 7.88. The number of thiazole rings is 1. The van der Waals surface area contributed by atoms with Gasteiger partial charge in [0.25, 0.3) is 0 Å². The van der Waals surface area contributed by atoms with E-state index in [0.29, 0.717) is 11.9 Å². The van der Waals surface area contributed by atoms with Crippen molar-refractivity contribution in [3.63, 3.8) is 0 Å². The molecule has 30 heavy (non-hydrogen) atoms. The summed E-state index contributed by atoms with van der Waals surface area (Å²) in [6.07, 6.45) is 4.98. The van der Waals surface area contributed by atoms with Crippen molar-refractivity contribution in [2.45, 2.75) is 58.9 Å². The summed E-state index contributed by atoms with van der Waals surface area (Å²) in [5, 5.41) is 8.10. The molecule has 2 N–H and O–H groups in total. The Labute approximate surface area is 206 Å². The van der Waals surface area contributed by atoms with Gasteiger partial charge in [-0.15, -0.1) is 35.3 Å². The molecule has 3 rings (SSSR count). The summed E-state index contributed by atoms with van der Waals surface area (Å²) in [4.78, 5) is 25.4. The number of amides is 1. The predicted octanol–water partition coefficient (Wildman–Crippen LogP) is 3.61. The van der Waals surface area contributed by atoms with Crippen molar-refractivity contribution in [3.05, 3.63) is 15.6 Å². The SMILES string of the molecule is CCNC(=NCCc1sc(C)nc1C)NC1CCC(C(=O)N2CCSCC2)CC1.I. The minimum absolute atomic E-state index is 0. The molecule has 1 aromatic rings. The first kappa shape index (κ1) is 25.7. The number of aliphatic imine (C=N–C) groups is 1. The van der Waals surface area contributed by atoms with Crippen LogP contribution in [-0.4, -0.2) is 65.5 Å². The zero-order chi connectivity index (χ0) is 20.6. The average molecular weight is 566 g/mol. The number of carbonyl (C=O) groups is 1. The summed E-state index contributed by atoms with van der Waals surface area (Å²) >= 11 is 3.73. The standard InChI is InChI=1S/C21H35N5OS2.HI/c1-4-22-21(23-10-9-19-15(2)24-16(3)29-19)25-18-7-5-17(6-8-18)20(27)26-11-13-28-14-12-26;/h17-18H,4-14H2,1-3H3,(H2,22,23,25);1H.